The van der Waals surface area contributed by atoms with Crippen molar-refractivity contribution >= 4 is 43.6 Å². The minimum Gasteiger partial charge on any atom is -0.490 e. The Kier molecular flexibility index (Phi) is 5.59. The first kappa shape index (κ1) is 14.7. The van der Waals surface area contributed by atoms with Crippen LogP contribution >= 0.6 is 43.6 Å². The lowest BCUT2D eigenvalue weighted by Crippen LogP contribution is -2.03. The molecule has 7 heteroatoms. The lowest BCUT2D eigenvalue weighted by molar-refractivity contribution is 0.339. The van der Waals surface area contributed by atoms with Crippen molar-refractivity contribution < 1.29 is 4.74 Å². The maximum atomic E-state index is 10.9. The minimum absolute atomic E-state index is 0.163. The second-order valence-corrected chi connectivity index (χ2v) is 6.53. The number of H-pyrrole nitrogens is 2. The first-order chi connectivity index (χ1) is 9.16. The highest BCUT2D eigenvalue weighted by atomic mass is 79.9. The minimum atomic E-state index is -0.163. The maximum absolute atomic E-state index is 10.9. The summed E-state index contributed by atoms with van der Waals surface area (Å²) in [6, 6.07) is 5.83. The van der Waals surface area contributed by atoms with E-state index in [-0.39, 0.29) is 5.69 Å². The summed E-state index contributed by atoms with van der Waals surface area (Å²) in [4.78, 5) is 16.2. The van der Waals surface area contributed by atoms with Crippen molar-refractivity contribution in [2.45, 2.75) is 5.75 Å². The molecule has 2 N–H and O–H groups in total. The zero-order chi connectivity index (χ0) is 13.7. The summed E-state index contributed by atoms with van der Waals surface area (Å²) in [6.07, 6.45) is 1.70. The SMILES string of the molecule is O=c1[nH]cc(CSCCOc2c(Br)cccc2Br)[nH]1. The molecule has 1 aromatic carbocycles. The van der Waals surface area contributed by atoms with Crippen LogP contribution in [0.3, 0.4) is 0 Å². The van der Waals surface area contributed by atoms with Crippen molar-refractivity contribution in [1.29, 1.82) is 0 Å². The zero-order valence-electron chi connectivity index (χ0n) is 9.91. The van der Waals surface area contributed by atoms with Gasteiger partial charge in [-0.05, 0) is 44.0 Å². The summed E-state index contributed by atoms with van der Waals surface area (Å²) in [5, 5.41) is 0. The molecule has 0 radical (unpaired) electrons. The number of ether oxygens (including phenoxy) is 1. The first-order valence-corrected chi connectivity index (χ1v) is 8.32. The lowest BCUT2D eigenvalue weighted by atomic mass is 10.3. The molecule has 0 aliphatic carbocycles. The van der Waals surface area contributed by atoms with Gasteiger partial charge in [-0.2, -0.15) is 11.8 Å². The summed E-state index contributed by atoms with van der Waals surface area (Å²) in [5.74, 6) is 2.43. The molecule has 2 rings (SSSR count). The molecule has 1 heterocycles. The number of rotatable bonds is 6. The molecule has 2 aromatic rings. The Labute approximate surface area is 131 Å². The topological polar surface area (TPSA) is 57.9 Å². The molecule has 0 bridgehead atoms. The fourth-order valence-electron chi connectivity index (χ4n) is 1.45. The van der Waals surface area contributed by atoms with Crippen LogP contribution in [0.5, 0.6) is 5.75 Å². The number of thioether (sulfide) groups is 1. The van der Waals surface area contributed by atoms with Gasteiger partial charge in [0.25, 0.3) is 0 Å². The van der Waals surface area contributed by atoms with E-state index < -0.39 is 0 Å². The number of benzene rings is 1. The maximum Gasteiger partial charge on any atom is 0.323 e. The van der Waals surface area contributed by atoms with Crippen molar-refractivity contribution in [2.75, 3.05) is 12.4 Å². The normalized spacial score (nSPS) is 10.6. The molecular formula is C12H12Br2N2O2S. The Morgan fingerprint density at radius 2 is 2.00 bits per heavy atom. The molecule has 0 aliphatic heterocycles. The van der Waals surface area contributed by atoms with Crippen molar-refractivity contribution in [1.82, 2.24) is 9.97 Å². The van der Waals surface area contributed by atoms with Crippen molar-refractivity contribution in [3.05, 3.63) is 49.5 Å². The molecule has 0 atom stereocenters. The summed E-state index contributed by atoms with van der Waals surface area (Å²) >= 11 is 8.61. The highest BCUT2D eigenvalue weighted by molar-refractivity contribution is 9.11. The smallest absolute Gasteiger partial charge is 0.323 e. The van der Waals surface area contributed by atoms with Gasteiger partial charge in [0.2, 0.25) is 0 Å². The Hall–Kier alpha value is -0.660. The van der Waals surface area contributed by atoms with Gasteiger partial charge < -0.3 is 14.7 Å². The second-order valence-electron chi connectivity index (χ2n) is 3.72. The van der Waals surface area contributed by atoms with Crippen LogP contribution in [0.2, 0.25) is 0 Å². The van der Waals surface area contributed by atoms with Crippen molar-refractivity contribution in [3.8, 4) is 5.75 Å². The summed E-state index contributed by atoms with van der Waals surface area (Å²) in [7, 11) is 0. The molecule has 1 aromatic heterocycles. The molecule has 4 nitrogen and oxygen atoms in total. The van der Waals surface area contributed by atoms with Crippen LogP contribution in [0.15, 0.2) is 38.1 Å². The van der Waals surface area contributed by atoms with E-state index in [2.05, 4.69) is 41.8 Å². The molecule has 19 heavy (non-hydrogen) atoms. The van der Waals surface area contributed by atoms with Crippen molar-refractivity contribution in [3.63, 3.8) is 0 Å². The number of aromatic amines is 2. The third-order valence-corrected chi connectivity index (χ3v) is 4.52. The van der Waals surface area contributed by atoms with Gasteiger partial charge in [-0.25, -0.2) is 4.79 Å². The predicted octanol–water partition coefficient (Wildman–Crippen LogP) is 3.54. The van der Waals surface area contributed by atoms with Gasteiger partial charge >= 0.3 is 5.69 Å². The highest BCUT2D eigenvalue weighted by Crippen LogP contribution is 2.32. The van der Waals surface area contributed by atoms with Gasteiger partial charge in [0.15, 0.2) is 0 Å². The fraction of sp³-hybridized carbons (Fsp3) is 0.250. The second kappa shape index (κ2) is 7.21. The zero-order valence-corrected chi connectivity index (χ0v) is 13.9. The van der Waals surface area contributed by atoms with E-state index in [4.69, 9.17) is 4.74 Å². The van der Waals surface area contributed by atoms with Crippen LogP contribution in [0.4, 0.5) is 0 Å². The van der Waals surface area contributed by atoms with E-state index in [0.717, 1.165) is 31.9 Å². The number of nitrogens with one attached hydrogen (secondary N) is 2. The molecule has 0 amide bonds. The monoisotopic (exact) mass is 406 g/mol. The number of para-hydroxylation sites is 1. The quantitative estimate of drug-likeness (QED) is 0.720. The molecule has 0 fully saturated rings. The van der Waals surface area contributed by atoms with E-state index in [9.17, 15) is 4.79 Å². The molecule has 0 spiro atoms. The third kappa shape index (κ3) is 4.43. The molecule has 0 saturated carbocycles. The summed E-state index contributed by atoms with van der Waals surface area (Å²) < 4.78 is 7.58. The number of hydrogen-bond acceptors (Lipinski definition) is 3. The van der Waals surface area contributed by atoms with Gasteiger partial charge in [0.05, 0.1) is 15.6 Å². The lowest BCUT2D eigenvalue weighted by Gasteiger charge is -2.09. The third-order valence-electron chi connectivity index (χ3n) is 2.30. The Morgan fingerprint density at radius 1 is 1.26 bits per heavy atom. The van der Waals surface area contributed by atoms with Gasteiger partial charge in [0.1, 0.15) is 5.75 Å². The first-order valence-electron chi connectivity index (χ1n) is 5.58. The summed E-state index contributed by atoms with van der Waals surface area (Å²) in [6.45, 7) is 0.612. The van der Waals surface area contributed by atoms with Gasteiger partial charge in [-0.1, -0.05) is 6.07 Å². The Morgan fingerprint density at radius 3 is 2.63 bits per heavy atom. The molecule has 0 unspecified atom stereocenters. The molecule has 102 valence electrons. The van der Waals surface area contributed by atoms with E-state index >= 15 is 0 Å². The van der Waals surface area contributed by atoms with Gasteiger partial charge in [-0.3, -0.25) is 0 Å². The van der Waals surface area contributed by atoms with E-state index in [1.54, 1.807) is 18.0 Å². The van der Waals surface area contributed by atoms with Crippen LogP contribution in [-0.4, -0.2) is 22.3 Å². The largest absolute Gasteiger partial charge is 0.490 e. The van der Waals surface area contributed by atoms with Crippen LogP contribution in [0.25, 0.3) is 0 Å². The Bertz CT molecular complexity index is 577. The van der Waals surface area contributed by atoms with E-state index in [1.807, 2.05) is 18.2 Å². The van der Waals surface area contributed by atoms with E-state index in [0.29, 0.717) is 6.61 Å². The highest BCUT2D eigenvalue weighted by Gasteiger charge is 2.05. The number of imidazole rings is 1. The van der Waals surface area contributed by atoms with Crippen LogP contribution in [-0.2, 0) is 5.75 Å². The molecular weight excluding hydrogens is 396 g/mol. The average molecular weight is 408 g/mol. The summed E-state index contributed by atoms with van der Waals surface area (Å²) in [5.41, 5.74) is 0.737. The van der Waals surface area contributed by atoms with Crippen LogP contribution in [0.1, 0.15) is 5.69 Å². The van der Waals surface area contributed by atoms with Gasteiger partial charge in [0, 0.05) is 23.4 Å². The van der Waals surface area contributed by atoms with Crippen LogP contribution in [0, 0.1) is 0 Å². The number of hydrogen-bond donors (Lipinski definition) is 2. The number of aromatic nitrogens is 2. The predicted molar refractivity (Wildman–Crippen MR) is 84.9 cm³/mol. The van der Waals surface area contributed by atoms with Gasteiger partial charge in [-0.15, -0.1) is 0 Å². The standard InChI is InChI=1S/C12H12Br2N2O2S/c13-9-2-1-3-10(14)11(9)18-4-5-19-7-8-6-15-12(17)16-8/h1-3,6H,4-5,7H2,(H2,15,16,17). The average Bonchev–Trinajstić information content (AvgIpc) is 2.78. The fourth-order valence-corrected chi connectivity index (χ4v) is 3.40. The van der Waals surface area contributed by atoms with Crippen molar-refractivity contribution in [2.24, 2.45) is 0 Å². The van der Waals surface area contributed by atoms with E-state index in [1.165, 1.54) is 0 Å². The molecule has 0 aliphatic rings. The molecule has 0 saturated heterocycles. The Balaban J connectivity index is 1.74. The number of halogens is 2. The van der Waals surface area contributed by atoms with Crippen LogP contribution < -0.4 is 10.4 Å².